The number of carbonyl (C=O) groups is 1. The van der Waals surface area contributed by atoms with Crippen LogP contribution in [0, 0.1) is 0 Å². The van der Waals surface area contributed by atoms with Gasteiger partial charge in [-0.3, -0.25) is 9.78 Å². The highest BCUT2D eigenvalue weighted by Crippen LogP contribution is 2.23. The average molecular weight is 485 g/mol. The average Bonchev–Trinajstić information content (AvgIpc) is 3.30. The van der Waals surface area contributed by atoms with Crippen molar-refractivity contribution in [3.05, 3.63) is 71.9 Å². The molecule has 0 unspecified atom stereocenters. The zero-order chi connectivity index (χ0) is 24.5. The van der Waals surface area contributed by atoms with E-state index < -0.39 is 0 Å². The van der Waals surface area contributed by atoms with Gasteiger partial charge in [0.1, 0.15) is 23.4 Å². The first-order valence-corrected chi connectivity index (χ1v) is 12.2. The molecular formula is C27H28N6O3. The van der Waals surface area contributed by atoms with Crippen LogP contribution in [0.2, 0.25) is 0 Å². The lowest BCUT2D eigenvalue weighted by Crippen LogP contribution is -2.47. The molecule has 6 rings (SSSR count). The molecule has 1 aromatic carbocycles. The number of amides is 1. The third kappa shape index (κ3) is 4.80. The van der Waals surface area contributed by atoms with Crippen molar-refractivity contribution in [1.29, 1.82) is 0 Å². The molecule has 0 saturated carbocycles. The lowest BCUT2D eigenvalue weighted by atomic mass is 10.1. The number of carbonyl (C=O) groups excluding carboxylic acids is 1. The lowest BCUT2D eigenvalue weighted by molar-refractivity contribution is -0.0796. The van der Waals surface area contributed by atoms with E-state index in [1.807, 2.05) is 41.3 Å². The van der Waals surface area contributed by atoms with Crippen LogP contribution >= 0.6 is 0 Å². The van der Waals surface area contributed by atoms with Crippen LogP contribution in [-0.4, -0.2) is 88.2 Å². The largest absolute Gasteiger partial charge is 0.485 e. The Morgan fingerprint density at radius 1 is 1.03 bits per heavy atom. The van der Waals surface area contributed by atoms with Gasteiger partial charge in [-0.15, -0.1) is 0 Å². The third-order valence-electron chi connectivity index (χ3n) is 6.68. The number of H-pyrrole nitrogens is 1. The Morgan fingerprint density at radius 2 is 1.86 bits per heavy atom. The van der Waals surface area contributed by atoms with Gasteiger partial charge < -0.3 is 24.3 Å². The van der Waals surface area contributed by atoms with Gasteiger partial charge in [-0.1, -0.05) is 6.07 Å². The molecule has 9 heteroatoms. The van der Waals surface area contributed by atoms with Gasteiger partial charge in [0.15, 0.2) is 0 Å². The van der Waals surface area contributed by atoms with Crippen molar-refractivity contribution in [2.75, 3.05) is 46.4 Å². The molecule has 3 aromatic heterocycles. The van der Waals surface area contributed by atoms with Gasteiger partial charge in [-0.05, 0) is 42.9 Å². The summed E-state index contributed by atoms with van der Waals surface area (Å²) in [5.74, 6) is 1.52. The third-order valence-corrected chi connectivity index (χ3v) is 6.68. The minimum Gasteiger partial charge on any atom is -0.485 e. The molecule has 2 aliphatic heterocycles. The number of rotatable bonds is 6. The van der Waals surface area contributed by atoms with Gasteiger partial charge in [-0.2, -0.15) is 0 Å². The van der Waals surface area contributed by atoms with Gasteiger partial charge in [0.2, 0.25) is 0 Å². The van der Waals surface area contributed by atoms with Crippen molar-refractivity contribution < 1.29 is 14.3 Å². The summed E-state index contributed by atoms with van der Waals surface area (Å²) in [7, 11) is 2.08. The summed E-state index contributed by atoms with van der Waals surface area (Å²) in [6, 6.07) is 13.7. The molecule has 9 nitrogen and oxygen atoms in total. The van der Waals surface area contributed by atoms with Gasteiger partial charge in [0, 0.05) is 62.0 Å². The molecule has 184 valence electrons. The minimum atomic E-state index is 0.0560. The smallest absolute Gasteiger partial charge is 0.270 e. The molecule has 1 N–H and O–H groups in total. The van der Waals surface area contributed by atoms with Crippen LogP contribution in [0.1, 0.15) is 21.9 Å². The molecule has 2 fully saturated rings. The van der Waals surface area contributed by atoms with Gasteiger partial charge >= 0.3 is 0 Å². The molecule has 2 saturated heterocycles. The van der Waals surface area contributed by atoms with Gasteiger partial charge in [0.25, 0.3) is 5.91 Å². The number of nitrogens with zero attached hydrogens (tertiary/aromatic N) is 5. The van der Waals surface area contributed by atoms with Crippen molar-refractivity contribution in [1.82, 2.24) is 29.7 Å². The van der Waals surface area contributed by atoms with Crippen LogP contribution in [0.5, 0.6) is 5.75 Å². The van der Waals surface area contributed by atoms with E-state index in [9.17, 15) is 4.79 Å². The number of fused-ring (bicyclic) bond motifs is 1. The fourth-order valence-corrected chi connectivity index (χ4v) is 4.50. The van der Waals surface area contributed by atoms with Crippen molar-refractivity contribution in [3.63, 3.8) is 0 Å². The Kier molecular flexibility index (Phi) is 6.08. The number of ether oxygens (including phenoxy) is 2. The molecule has 36 heavy (non-hydrogen) atoms. The summed E-state index contributed by atoms with van der Waals surface area (Å²) in [4.78, 5) is 34.1. The first-order valence-electron chi connectivity index (χ1n) is 12.2. The maximum atomic E-state index is 13.0. The molecule has 1 amide bonds. The summed E-state index contributed by atoms with van der Waals surface area (Å²) in [6.45, 7) is 4.54. The number of pyridine rings is 1. The van der Waals surface area contributed by atoms with Crippen LogP contribution in [0.25, 0.3) is 22.3 Å². The highest BCUT2D eigenvalue weighted by atomic mass is 16.6. The van der Waals surface area contributed by atoms with E-state index in [1.165, 1.54) is 0 Å². The second kappa shape index (κ2) is 9.67. The van der Waals surface area contributed by atoms with E-state index in [0.29, 0.717) is 31.2 Å². The second-order valence-electron chi connectivity index (χ2n) is 9.39. The fraction of sp³-hybridized carbons (Fsp3) is 0.333. The minimum absolute atomic E-state index is 0.0560. The number of aromatic amines is 1. The molecule has 0 radical (unpaired) electrons. The van der Waals surface area contributed by atoms with Gasteiger partial charge in [-0.25, -0.2) is 9.97 Å². The SMILES string of the molecule is CN1CCN(C(=O)c2cc3cc(Cc4nccc(-c5cc(OC6COC6)ccn5)n4)ccc3[nH]2)CC1. The zero-order valence-corrected chi connectivity index (χ0v) is 20.2. The van der Waals surface area contributed by atoms with Crippen LogP contribution in [0.3, 0.4) is 0 Å². The van der Waals surface area contributed by atoms with E-state index >= 15 is 0 Å². The maximum absolute atomic E-state index is 13.0. The van der Waals surface area contributed by atoms with Crippen LogP contribution in [0.15, 0.2) is 54.9 Å². The van der Waals surface area contributed by atoms with Crippen molar-refractivity contribution in [3.8, 4) is 17.1 Å². The molecule has 0 atom stereocenters. The Balaban J connectivity index is 1.18. The predicted octanol–water partition coefficient (Wildman–Crippen LogP) is 2.78. The Hall–Kier alpha value is -3.82. The van der Waals surface area contributed by atoms with E-state index in [4.69, 9.17) is 14.5 Å². The molecular weight excluding hydrogens is 456 g/mol. The van der Waals surface area contributed by atoms with E-state index in [-0.39, 0.29) is 12.0 Å². The quantitative estimate of drug-likeness (QED) is 0.450. The van der Waals surface area contributed by atoms with E-state index in [2.05, 4.69) is 33.0 Å². The van der Waals surface area contributed by atoms with Gasteiger partial charge in [0.05, 0.1) is 24.6 Å². The highest BCUT2D eigenvalue weighted by Gasteiger charge is 2.22. The van der Waals surface area contributed by atoms with Crippen molar-refractivity contribution >= 4 is 16.8 Å². The highest BCUT2D eigenvalue weighted by molar-refractivity contribution is 5.98. The molecule has 4 aromatic rings. The van der Waals surface area contributed by atoms with Crippen LogP contribution < -0.4 is 4.74 Å². The maximum Gasteiger partial charge on any atom is 0.270 e. The number of benzene rings is 1. The number of nitrogens with one attached hydrogen (secondary N) is 1. The zero-order valence-electron chi connectivity index (χ0n) is 20.2. The Bertz CT molecular complexity index is 1390. The first kappa shape index (κ1) is 22.6. The van der Waals surface area contributed by atoms with Crippen LogP contribution in [0.4, 0.5) is 0 Å². The predicted molar refractivity (Wildman–Crippen MR) is 135 cm³/mol. The standard InChI is InChI=1S/C27H28N6O3/c1-32-8-10-33(11-9-32)27(34)25-14-19-12-18(2-3-22(19)30-25)13-26-29-7-5-23(31-26)24-15-20(4-6-28-24)36-21-16-35-17-21/h2-7,12,14-15,21,30H,8-11,13,16-17H2,1H3. The summed E-state index contributed by atoms with van der Waals surface area (Å²) in [5.41, 5.74) is 4.14. The number of hydrogen-bond donors (Lipinski definition) is 1. The lowest BCUT2D eigenvalue weighted by Gasteiger charge is -2.32. The molecule has 0 bridgehead atoms. The normalized spacial score (nSPS) is 16.8. The summed E-state index contributed by atoms with van der Waals surface area (Å²) in [5, 5.41) is 1.01. The Labute approximate surface area is 209 Å². The number of likely N-dealkylation sites (N-methyl/N-ethyl adjacent to an activating group) is 1. The number of hydrogen-bond acceptors (Lipinski definition) is 7. The van der Waals surface area contributed by atoms with Crippen molar-refractivity contribution in [2.24, 2.45) is 0 Å². The molecule has 0 aliphatic carbocycles. The van der Waals surface area contributed by atoms with E-state index in [0.717, 1.165) is 59.8 Å². The van der Waals surface area contributed by atoms with Crippen LogP contribution in [-0.2, 0) is 11.2 Å². The number of aromatic nitrogens is 4. The molecule has 2 aliphatic rings. The Morgan fingerprint density at radius 3 is 2.67 bits per heavy atom. The summed E-state index contributed by atoms with van der Waals surface area (Å²) < 4.78 is 11.1. The van der Waals surface area contributed by atoms with E-state index in [1.54, 1.807) is 12.4 Å². The van der Waals surface area contributed by atoms with Crippen molar-refractivity contribution in [2.45, 2.75) is 12.5 Å². The second-order valence-corrected chi connectivity index (χ2v) is 9.39. The number of piperazine rings is 1. The summed E-state index contributed by atoms with van der Waals surface area (Å²) >= 11 is 0. The first-order chi connectivity index (χ1) is 17.6. The fourth-order valence-electron chi connectivity index (χ4n) is 4.50. The topological polar surface area (TPSA) is 96.5 Å². The molecule has 5 heterocycles. The monoisotopic (exact) mass is 484 g/mol. The summed E-state index contributed by atoms with van der Waals surface area (Å²) in [6.07, 6.45) is 4.16. The molecule has 0 spiro atoms.